The van der Waals surface area contributed by atoms with E-state index < -0.39 is 12.5 Å². The van der Waals surface area contributed by atoms with Crippen molar-refractivity contribution in [2.45, 2.75) is 83.7 Å². The van der Waals surface area contributed by atoms with E-state index in [1.807, 2.05) is 6.07 Å². The van der Waals surface area contributed by atoms with Gasteiger partial charge in [-0.25, -0.2) is 0 Å². The maximum atomic E-state index is 6.73. The van der Waals surface area contributed by atoms with Gasteiger partial charge in [0.2, 0.25) is 0 Å². The number of aryl methyl sites for hydroxylation is 1. The van der Waals surface area contributed by atoms with Crippen molar-refractivity contribution < 1.29 is 9.47 Å². The van der Waals surface area contributed by atoms with Crippen LogP contribution in [0, 0.1) is 0 Å². The molecule has 2 aromatic heterocycles. The molecule has 1 aliphatic rings. The minimum absolute atomic E-state index is 0.144. The number of para-hydroxylation sites is 1. The van der Waals surface area contributed by atoms with Gasteiger partial charge in [-0.1, -0.05) is 62.2 Å². The van der Waals surface area contributed by atoms with Crippen molar-refractivity contribution >= 4 is 5.69 Å². The van der Waals surface area contributed by atoms with Crippen LogP contribution in [0.5, 0.6) is 11.5 Å². The number of aromatic amines is 2. The molecule has 11 nitrogen and oxygen atoms in total. The molecule has 218 valence electrons. The molecule has 0 radical (unpaired) electrons. The number of fused-ring (bicyclic) bond motifs is 3. The average molecular weight is 560 g/mol. The zero-order chi connectivity index (χ0) is 28.9. The first-order valence-electron chi connectivity index (χ1n) is 14.5. The van der Waals surface area contributed by atoms with Gasteiger partial charge < -0.3 is 14.4 Å². The lowest BCUT2D eigenvalue weighted by atomic mass is 9.90. The first-order valence-corrected chi connectivity index (χ1v) is 14.5. The Morgan fingerprint density at radius 1 is 0.854 bits per heavy atom. The molecule has 0 bridgehead atoms. The fourth-order valence-corrected chi connectivity index (χ4v) is 5.87. The number of rotatable bonds is 13. The van der Waals surface area contributed by atoms with E-state index in [1.165, 1.54) is 11.3 Å². The Bertz CT molecular complexity index is 1410. The molecule has 11 heteroatoms. The van der Waals surface area contributed by atoms with Gasteiger partial charge in [-0.05, 0) is 48.1 Å². The topological polar surface area (TPSA) is 157 Å². The lowest BCUT2D eigenvalue weighted by Gasteiger charge is -2.33. The maximum Gasteiger partial charge on any atom is 0.164 e. The molecule has 4 aromatic rings. The summed E-state index contributed by atoms with van der Waals surface area (Å²) < 4.78 is 13.1. The molecule has 0 amide bonds. The number of ether oxygens (including phenoxy) is 2. The number of aromatic nitrogens is 6. The second-order valence-corrected chi connectivity index (χ2v) is 10.7. The molecule has 0 fully saturated rings. The number of H-pyrrole nitrogens is 2. The third-order valence-electron chi connectivity index (χ3n) is 7.90. The largest absolute Gasteiger partial charge is 0.471 e. The van der Waals surface area contributed by atoms with Crippen LogP contribution in [0.25, 0.3) is 11.1 Å². The van der Waals surface area contributed by atoms with Crippen molar-refractivity contribution in [3.8, 4) is 22.6 Å². The molecular weight excluding hydrogens is 518 g/mol. The molecule has 2 aromatic carbocycles. The van der Waals surface area contributed by atoms with Crippen LogP contribution in [0.1, 0.15) is 80.8 Å². The smallest absolute Gasteiger partial charge is 0.164 e. The van der Waals surface area contributed by atoms with E-state index in [-0.39, 0.29) is 11.8 Å². The number of anilines is 1. The van der Waals surface area contributed by atoms with Crippen LogP contribution >= 0.6 is 0 Å². The van der Waals surface area contributed by atoms with Crippen LogP contribution < -0.4 is 25.8 Å². The van der Waals surface area contributed by atoms with Gasteiger partial charge in [0.25, 0.3) is 0 Å². The van der Waals surface area contributed by atoms with Crippen molar-refractivity contribution in [2.24, 2.45) is 11.5 Å². The predicted octanol–water partition coefficient (Wildman–Crippen LogP) is 4.60. The van der Waals surface area contributed by atoms with Crippen molar-refractivity contribution in [3.63, 3.8) is 0 Å². The number of hydrogen-bond donors (Lipinski definition) is 4. The Kier molecular flexibility index (Phi) is 8.84. The highest BCUT2D eigenvalue weighted by atomic mass is 16.5. The summed E-state index contributed by atoms with van der Waals surface area (Å²) in [6.45, 7) is 7.14. The van der Waals surface area contributed by atoms with Crippen LogP contribution in [-0.2, 0) is 13.0 Å². The molecule has 6 N–H and O–H groups in total. The Balaban J connectivity index is 1.56. The zero-order valence-electron chi connectivity index (χ0n) is 24.3. The summed E-state index contributed by atoms with van der Waals surface area (Å²) in [6, 6.07) is 10.6. The molecule has 3 heterocycles. The molecule has 41 heavy (non-hydrogen) atoms. The summed E-state index contributed by atoms with van der Waals surface area (Å²) in [6.07, 6.45) is 6.59. The molecule has 0 saturated carbocycles. The Morgan fingerprint density at radius 2 is 1.44 bits per heavy atom. The molecule has 5 rings (SSSR count). The molecule has 1 aliphatic heterocycles. The molecule has 0 spiro atoms. The normalized spacial score (nSPS) is 15.5. The van der Waals surface area contributed by atoms with Gasteiger partial charge in [-0.2, -0.15) is 0 Å². The van der Waals surface area contributed by atoms with Gasteiger partial charge in [-0.15, -0.1) is 10.2 Å². The summed E-state index contributed by atoms with van der Waals surface area (Å²) in [5.74, 6) is 0.804. The van der Waals surface area contributed by atoms with Crippen LogP contribution in [-0.4, -0.2) is 50.3 Å². The lowest BCUT2D eigenvalue weighted by Crippen LogP contribution is -2.37. The van der Waals surface area contributed by atoms with E-state index in [0.29, 0.717) is 11.5 Å². The third kappa shape index (κ3) is 5.91. The standard InChI is InChI=1S/C30H41N9O2/c1-5-9-21(24-15-33-37-35-24)29(31)40-26-13-19-17-39(4)28-18(7-3)11-8-12-20(28)23(19)14-27(26)41-30(32)22(10-6-2)25-16-34-38-36-25/h8,11-16,21-22,29-30H,5-7,9-10,17,31-32H2,1-4H3,(H,33,35,37)(H,34,36,38). The fourth-order valence-electron chi connectivity index (χ4n) is 5.87. The maximum absolute atomic E-state index is 6.73. The molecule has 4 atom stereocenters. The van der Waals surface area contributed by atoms with Crippen LogP contribution in [0.15, 0.2) is 42.7 Å². The van der Waals surface area contributed by atoms with E-state index in [9.17, 15) is 0 Å². The van der Waals surface area contributed by atoms with E-state index in [2.05, 4.69) is 87.8 Å². The molecule has 0 aliphatic carbocycles. The SMILES string of the molecule is CCCC(c1c[nH]nn1)C(N)Oc1cc2c(cc1OC(N)C(CCC)c1c[nH]nn1)-c1cccc(CC)c1N(C)C2. The molecule has 4 unspecified atom stereocenters. The van der Waals surface area contributed by atoms with Crippen molar-refractivity contribution in [2.75, 3.05) is 11.9 Å². The second-order valence-electron chi connectivity index (χ2n) is 10.7. The van der Waals surface area contributed by atoms with Gasteiger partial charge in [0, 0.05) is 37.2 Å². The summed E-state index contributed by atoms with van der Waals surface area (Å²) >= 11 is 0. The van der Waals surface area contributed by atoms with Crippen molar-refractivity contribution in [1.82, 2.24) is 30.8 Å². The van der Waals surface area contributed by atoms with Crippen LogP contribution in [0.3, 0.4) is 0 Å². The first kappa shape index (κ1) is 28.6. The summed E-state index contributed by atoms with van der Waals surface area (Å²) in [5.41, 5.74) is 20.9. The Morgan fingerprint density at radius 3 is 1.95 bits per heavy atom. The van der Waals surface area contributed by atoms with E-state index in [4.69, 9.17) is 20.9 Å². The number of nitrogens with one attached hydrogen (secondary N) is 2. The van der Waals surface area contributed by atoms with Crippen LogP contribution in [0.2, 0.25) is 0 Å². The van der Waals surface area contributed by atoms with Gasteiger partial charge in [0.15, 0.2) is 24.0 Å². The van der Waals surface area contributed by atoms with Crippen molar-refractivity contribution in [3.05, 3.63) is 65.2 Å². The second kappa shape index (κ2) is 12.7. The minimum Gasteiger partial charge on any atom is -0.471 e. The monoisotopic (exact) mass is 559 g/mol. The summed E-state index contributed by atoms with van der Waals surface area (Å²) in [7, 11) is 2.13. The number of nitrogens with zero attached hydrogens (tertiary/aromatic N) is 5. The van der Waals surface area contributed by atoms with Crippen LogP contribution in [0.4, 0.5) is 5.69 Å². The Labute approximate surface area is 241 Å². The molecule has 0 saturated heterocycles. The average Bonchev–Trinajstić information content (AvgIpc) is 3.70. The van der Waals surface area contributed by atoms with Crippen molar-refractivity contribution in [1.29, 1.82) is 0 Å². The number of benzene rings is 2. The van der Waals surface area contributed by atoms with Gasteiger partial charge in [0.1, 0.15) is 0 Å². The highest BCUT2D eigenvalue weighted by Gasteiger charge is 2.30. The molecular formula is C30H41N9O2. The highest BCUT2D eigenvalue weighted by Crippen LogP contribution is 2.46. The third-order valence-corrected chi connectivity index (χ3v) is 7.90. The predicted molar refractivity (Wildman–Crippen MR) is 159 cm³/mol. The van der Waals surface area contributed by atoms with E-state index >= 15 is 0 Å². The highest BCUT2D eigenvalue weighted by molar-refractivity contribution is 5.86. The van der Waals surface area contributed by atoms with Gasteiger partial charge in [-0.3, -0.25) is 21.7 Å². The summed E-state index contributed by atoms with van der Waals surface area (Å²) in [4.78, 5) is 2.30. The van der Waals surface area contributed by atoms with E-state index in [1.54, 1.807) is 12.4 Å². The van der Waals surface area contributed by atoms with E-state index in [0.717, 1.165) is 66.7 Å². The van der Waals surface area contributed by atoms with Gasteiger partial charge in [0.05, 0.1) is 23.2 Å². The lowest BCUT2D eigenvalue weighted by molar-refractivity contribution is 0.135. The quantitative estimate of drug-likeness (QED) is 0.172. The minimum atomic E-state index is -0.675. The zero-order valence-corrected chi connectivity index (χ0v) is 24.3. The Hall–Kier alpha value is -3.96. The number of hydrogen-bond acceptors (Lipinski definition) is 9. The number of nitrogens with two attached hydrogens (primary N) is 2. The summed E-state index contributed by atoms with van der Waals surface area (Å²) in [5, 5.41) is 21.8. The van der Waals surface area contributed by atoms with Gasteiger partial charge >= 0.3 is 0 Å². The first-order chi connectivity index (χ1) is 19.9. The fraction of sp³-hybridized carbons (Fsp3) is 0.467.